The minimum Gasteiger partial charge on any atom is -0.329 e. The Morgan fingerprint density at radius 1 is 1.16 bits per heavy atom. The lowest BCUT2D eigenvalue weighted by Gasteiger charge is -2.26. The Kier molecular flexibility index (Phi) is 4.99. The molecule has 5 nitrogen and oxygen atoms in total. The lowest BCUT2D eigenvalue weighted by molar-refractivity contribution is 0.0684. The van der Waals surface area contributed by atoms with Crippen LogP contribution in [0.3, 0.4) is 0 Å². The maximum Gasteiger partial charge on any atom is 0.258 e. The first-order chi connectivity index (χ1) is 12.0. The second-order valence-electron chi connectivity index (χ2n) is 6.04. The Balaban J connectivity index is 1.97. The highest BCUT2D eigenvalue weighted by molar-refractivity contribution is 9.10. The van der Waals surface area contributed by atoms with E-state index in [2.05, 4.69) is 25.9 Å². The van der Waals surface area contributed by atoms with Crippen LogP contribution in [-0.4, -0.2) is 26.8 Å². The summed E-state index contributed by atoms with van der Waals surface area (Å²) in [6.07, 6.45) is 0. The predicted molar refractivity (Wildman–Crippen MR) is 102 cm³/mol. The van der Waals surface area contributed by atoms with Crippen molar-refractivity contribution in [1.82, 2.24) is 14.9 Å². The van der Waals surface area contributed by atoms with Crippen molar-refractivity contribution in [3.8, 4) is 0 Å². The Morgan fingerprint density at radius 2 is 1.84 bits per heavy atom. The molecular weight excluding hydrogens is 382 g/mol. The molecule has 0 saturated heterocycles. The molecule has 0 unspecified atom stereocenters. The van der Waals surface area contributed by atoms with Crippen molar-refractivity contribution in [2.75, 3.05) is 0 Å². The van der Waals surface area contributed by atoms with E-state index < -0.39 is 0 Å². The van der Waals surface area contributed by atoms with Crippen LogP contribution in [0.4, 0.5) is 0 Å². The molecule has 25 heavy (non-hydrogen) atoms. The van der Waals surface area contributed by atoms with Gasteiger partial charge in [0, 0.05) is 10.5 Å². The van der Waals surface area contributed by atoms with E-state index in [1.807, 2.05) is 38.1 Å². The molecule has 0 saturated carbocycles. The molecule has 0 spiro atoms. The summed E-state index contributed by atoms with van der Waals surface area (Å²) in [5.41, 5.74) is 1.01. The predicted octanol–water partition coefficient (Wildman–Crippen LogP) is 3.74. The van der Waals surface area contributed by atoms with Gasteiger partial charge in [-0.05, 0) is 54.0 Å². The number of aromatic nitrogens is 2. The van der Waals surface area contributed by atoms with Gasteiger partial charge < -0.3 is 9.88 Å². The molecule has 3 rings (SSSR count). The second-order valence-corrected chi connectivity index (χ2v) is 6.89. The van der Waals surface area contributed by atoms with Crippen molar-refractivity contribution >= 4 is 32.7 Å². The molecule has 0 atom stereocenters. The number of hydrogen-bond acceptors (Lipinski definition) is 3. The van der Waals surface area contributed by atoms with Crippen LogP contribution in [0.1, 0.15) is 30.0 Å². The van der Waals surface area contributed by atoms with Crippen molar-refractivity contribution in [2.24, 2.45) is 0 Å². The van der Waals surface area contributed by atoms with Crippen molar-refractivity contribution in [2.45, 2.75) is 26.4 Å². The zero-order chi connectivity index (χ0) is 18.0. The van der Waals surface area contributed by atoms with Gasteiger partial charge in [0.05, 0.1) is 23.0 Å². The van der Waals surface area contributed by atoms with Crippen LogP contribution in [0.5, 0.6) is 0 Å². The van der Waals surface area contributed by atoms with Gasteiger partial charge >= 0.3 is 0 Å². The van der Waals surface area contributed by atoms with E-state index in [0.717, 1.165) is 4.47 Å². The molecule has 1 amide bonds. The molecule has 0 aliphatic heterocycles. The van der Waals surface area contributed by atoms with E-state index in [4.69, 9.17) is 0 Å². The number of aromatic amines is 1. The number of nitrogens with zero attached hydrogens (tertiary/aromatic N) is 2. The zero-order valence-corrected chi connectivity index (χ0v) is 15.6. The number of benzene rings is 2. The lowest BCUT2D eigenvalue weighted by Crippen LogP contribution is -2.37. The van der Waals surface area contributed by atoms with Gasteiger partial charge in [-0.2, -0.15) is 0 Å². The summed E-state index contributed by atoms with van der Waals surface area (Å²) in [6, 6.07) is 14.4. The average molecular weight is 400 g/mol. The molecule has 128 valence electrons. The first-order valence-corrected chi connectivity index (χ1v) is 8.80. The third kappa shape index (κ3) is 3.64. The number of amides is 1. The molecule has 0 radical (unpaired) electrons. The van der Waals surface area contributed by atoms with Gasteiger partial charge in [0.1, 0.15) is 5.82 Å². The zero-order valence-electron chi connectivity index (χ0n) is 14.0. The van der Waals surface area contributed by atoms with E-state index in [-0.39, 0.29) is 24.1 Å². The van der Waals surface area contributed by atoms with Crippen LogP contribution in [0.15, 0.2) is 57.8 Å². The minimum atomic E-state index is -0.197. The van der Waals surface area contributed by atoms with E-state index in [1.54, 1.807) is 29.2 Å². The van der Waals surface area contributed by atoms with E-state index in [9.17, 15) is 9.59 Å². The van der Waals surface area contributed by atoms with Gasteiger partial charge in [-0.15, -0.1) is 0 Å². The Labute approximate surface area is 153 Å². The van der Waals surface area contributed by atoms with Gasteiger partial charge in [0.25, 0.3) is 11.5 Å². The third-order valence-electron chi connectivity index (χ3n) is 3.97. The van der Waals surface area contributed by atoms with Crippen molar-refractivity contribution in [3.05, 3.63) is 74.7 Å². The normalized spacial score (nSPS) is 11.0. The average Bonchev–Trinajstić information content (AvgIpc) is 2.59. The molecule has 1 heterocycles. The molecule has 1 N–H and O–H groups in total. The van der Waals surface area contributed by atoms with E-state index in [1.165, 1.54) is 0 Å². The maximum atomic E-state index is 12.9. The summed E-state index contributed by atoms with van der Waals surface area (Å²) in [6.45, 7) is 4.11. The Hall–Kier alpha value is -2.47. The number of carbonyl (C=O) groups is 1. The van der Waals surface area contributed by atoms with Gasteiger partial charge in [0.15, 0.2) is 0 Å². The number of para-hydroxylation sites is 1. The number of halogens is 1. The molecular formula is C19H18BrN3O2. The summed E-state index contributed by atoms with van der Waals surface area (Å²) in [5, 5.41) is 0.541. The van der Waals surface area contributed by atoms with E-state index in [0.29, 0.717) is 22.3 Å². The molecule has 6 heteroatoms. The third-order valence-corrected chi connectivity index (χ3v) is 4.66. The largest absolute Gasteiger partial charge is 0.329 e. The second kappa shape index (κ2) is 7.19. The van der Waals surface area contributed by atoms with Crippen molar-refractivity contribution < 1.29 is 4.79 Å². The summed E-state index contributed by atoms with van der Waals surface area (Å²) in [7, 11) is 0. The van der Waals surface area contributed by atoms with Crippen molar-refractivity contribution in [3.63, 3.8) is 0 Å². The first kappa shape index (κ1) is 17.4. The number of H-pyrrole nitrogens is 1. The van der Waals surface area contributed by atoms with Crippen LogP contribution in [0.25, 0.3) is 10.9 Å². The van der Waals surface area contributed by atoms with Crippen LogP contribution in [0.2, 0.25) is 0 Å². The standard InChI is InChI=1S/C19H18BrN3O2/c1-12(2)23(19(25)13-7-3-5-9-15(13)20)11-17-21-16-10-6-4-8-14(16)18(24)22-17/h3-10,12H,11H2,1-2H3,(H,21,22,24). The molecule has 0 aliphatic rings. The number of rotatable bonds is 4. The van der Waals surface area contributed by atoms with Crippen molar-refractivity contribution in [1.29, 1.82) is 0 Å². The SMILES string of the molecule is CC(C)N(Cc1nc2ccccc2c(=O)[nH]1)C(=O)c1ccccc1Br. The fourth-order valence-electron chi connectivity index (χ4n) is 2.65. The van der Waals surface area contributed by atoms with Crippen LogP contribution in [0, 0.1) is 0 Å². The Bertz CT molecular complexity index is 982. The summed E-state index contributed by atoms with van der Waals surface area (Å²) >= 11 is 3.42. The van der Waals surface area contributed by atoms with Crippen LogP contribution < -0.4 is 5.56 Å². The Morgan fingerprint density at radius 3 is 2.56 bits per heavy atom. The topological polar surface area (TPSA) is 66.1 Å². The van der Waals surface area contributed by atoms with Gasteiger partial charge in [-0.25, -0.2) is 4.98 Å². The highest BCUT2D eigenvalue weighted by Crippen LogP contribution is 2.20. The monoisotopic (exact) mass is 399 g/mol. The maximum absolute atomic E-state index is 12.9. The molecule has 0 aliphatic carbocycles. The smallest absolute Gasteiger partial charge is 0.258 e. The first-order valence-electron chi connectivity index (χ1n) is 8.01. The molecule has 1 aromatic heterocycles. The number of hydrogen-bond donors (Lipinski definition) is 1. The fourth-order valence-corrected chi connectivity index (χ4v) is 3.10. The molecule has 3 aromatic rings. The van der Waals surface area contributed by atoms with Crippen LogP contribution in [-0.2, 0) is 6.54 Å². The molecule has 0 fully saturated rings. The quantitative estimate of drug-likeness (QED) is 0.726. The highest BCUT2D eigenvalue weighted by atomic mass is 79.9. The number of nitrogens with one attached hydrogen (secondary N) is 1. The summed E-state index contributed by atoms with van der Waals surface area (Å²) in [4.78, 5) is 34.1. The van der Waals surface area contributed by atoms with Crippen LogP contribution >= 0.6 is 15.9 Å². The minimum absolute atomic E-state index is 0.0450. The van der Waals surface area contributed by atoms with Gasteiger partial charge in [0.2, 0.25) is 0 Å². The number of fused-ring (bicyclic) bond motifs is 1. The summed E-state index contributed by atoms with van der Waals surface area (Å²) in [5.74, 6) is 0.357. The van der Waals surface area contributed by atoms with E-state index >= 15 is 0 Å². The molecule has 2 aromatic carbocycles. The number of carbonyl (C=O) groups excluding carboxylic acids is 1. The fraction of sp³-hybridized carbons (Fsp3) is 0.211. The summed E-state index contributed by atoms with van der Waals surface area (Å²) < 4.78 is 0.741. The van der Waals surface area contributed by atoms with Gasteiger partial charge in [-0.3, -0.25) is 9.59 Å². The molecule has 0 bridgehead atoms. The lowest BCUT2D eigenvalue weighted by atomic mass is 10.1. The van der Waals surface area contributed by atoms with Gasteiger partial charge in [-0.1, -0.05) is 24.3 Å². The highest BCUT2D eigenvalue weighted by Gasteiger charge is 2.22.